The first kappa shape index (κ1) is 14.7. The summed E-state index contributed by atoms with van der Waals surface area (Å²) in [4.78, 5) is 0. The molecule has 1 saturated heterocycles. The topological polar surface area (TPSA) is 47.7 Å². The number of aromatic nitrogens is 4. The van der Waals surface area contributed by atoms with Crippen LogP contribution in [-0.2, 0) is 7.05 Å². The van der Waals surface area contributed by atoms with Crippen molar-refractivity contribution in [3.63, 3.8) is 0 Å². The van der Waals surface area contributed by atoms with Gasteiger partial charge in [0.15, 0.2) is 0 Å². The smallest absolute Gasteiger partial charge is 0.103 e. The summed E-state index contributed by atoms with van der Waals surface area (Å²) >= 11 is 6.58. The lowest BCUT2D eigenvalue weighted by atomic mass is 9.91. The normalized spacial score (nSPS) is 19.1. The maximum absolute atomic E-state index is 6.58. The van der Waals surface area contributed by atoms with Crippen molar-refractivity contribution in [1.29, 1.82) is 0 Å². The molecule has 3 heterocycles. The molecule has 120 valence electrons. The monoisotopic (exact) mass is 329 g/mol. The van der Waals surface area contributed by atoms with E-state index >= 15 is 0 Å². The molecule has 1 aliphatic heterocycles. The van der Waals surface area contributed by atoms with Crippen molar-refractivity contribution in [3.8, 4) is 5.69 Å². The molecule has 23 heavy (non-hydrogen) atoms. The molecule has 1 atom stereocenters. The highest BCUT2D eigenvalue weighted by molar-refractivity contribution is 6.32. The van der Waals surface area contributed by atoms with E-state index in [4.69, 9.17) is 11.6 Å². The van der Waals surface area contributed by atoms with Crippen LogP contribution in [0.25, 0.3) is 16.6 Å². The van der Waals surface area contributed by atoms with E-state index in [1.807, 2.05) is 36.4 Å². The van der Waals surface area contributed by atoms with Gasteiger partial charge in [-0.15, -0.1) is 0 Å². The van der Waals surface area contributed by atoms with Crippen LogP contribution >= 0.6 is 11.6 Å². The molecule has 1 fully saturated rings. The highest BCUT2D eigenvalue weighted by atomic mass is 35.5. The number of aryl methyl sites for hydroxylation is 1. The lowest BCUT2D eigenvalue weighted by molar-refractivity contribution is 0.610. The Labute approximate surface area is 140 Å². The van der Waals surface area contributed by atoms with Gasteiger partial charge in [0.2, 0.25) is 0 Å². The largest absolute Gasteiger partial charge is 0.317 e. The second-order valence-electron chi connectivity index (χ2n) is 6.24. The van der Waals surface area contributed by atoms with E-state index in [1.165, 1.54) is 18.4 Å². The third-order valence-corrected chi connectivity index (χ3v) is 4.97. The second-order valence-corrected chi connectivity index (χ2v) is 6.65. The molecule has 0 amide bonds. The van der Waals surface area contributed by atoms with Gasteiger partial charge in [-0.05, 0) is 56.0 Å². The quantitative estimate of drug-likeness (QED) is 0.785. The summed E-state index contributed by atoms with van der Waals surface area (Å²) in [5.74, 6) is 0.513. The third kappa shape index (κ3) is 2.75. The molecular formula is C17H20ClN5. The van der Waals surface area contributed by atoms with Crippen LogP contribution in [0.15, 0.2) is 30.7 Å². The summed E-state index contributed by atoms with van der Waals surface area (Å²) < 4.78 is 3.73. The van der Waals surface area contributed by atoms with E-state index in [9.17, 15) is 0 Å². The van der Waals surface area contributed by atoms with Gasteiger partial charge >= 0.3 is 0 Å². The molecular weight excluding hydrogens is 310 g/mol. The Balaban J connectivity index is 1.81. The Bertz CT molecular complexity index is 827. The fourth-order valence-electron chi connectivity index (χ4n) is 3.43. The molecule has 1 aromatic carbocycles. The predicted molar refractivity (Wildman–Crippen MR) is 92.3 cm³/mol. The van der Waals surface area contributed by atoms with Crippen LogP contribution in [0.3, 0.4) is 0 Å². The van der Waals surface area contributed by atoms with E-state index in [1.54, 1.807) is 4.68 Å². The molecule has 5 nitrogen and oxygen atoms in total. The summed E-state index contributed by atoms with van der Waals surface area (Å²) in [6.07, 6.45) is 9.17. The van der Waals surface area contributed by atoms with Crippen molar-refractivity contribution < 1.29 is 0 Å². The lowest BCUT2D eigenvalue weighted by Crippen LogP contribution is -2.13. The van der Waals surface area contributed by atoms with Crippen LogP contribution in [0.5, 0.6) is 0 Å². The summed E-state index contributed by atoms with van der Waals surface area (Å²) in [5, 5.41) is 14.1. The van der Waals surface area contributed by atoms with Gasteiger partial charge in [0.05, 0.1) is 24.1 Å². The van der Waals surface area contributed by atoms with Gasteiger partial charge in [-0.25, -0.2) is 4.68 Å². The Morgan fingerprint density at radius 3 is 2.91 bits per heavy atom. The van der Waals surface area contributed by atoms with Crippen LogP contribution in [0.2, 0.25) is 5.02 Å². The zero-order valence-electron chi connectivity index (χ0n) is 13.2. The molecule has 6 heteroatoms. The predicted octanol–water partition coefficient (Wildman–Crippen LogP) is 3.27. The van der Waals surface area contributed by atoms with Gasteiger partial charge in [-0.2, -0.15) is 10.2 Å². The van der Waals surface area contributed by atoms with E-state index in [-0.39, 0.29) is 0 Å². The van der Waals surface area contributed by atoms with E-state index in [0.717, 1.165) is 41.1 Å². The minimum atomic E-state index is 0.513. The van der Waals surface area contributed by atoms with Gasteiger partial charge < -0.3 is 5.32 Å². The number of rotatable bonds is 2. The van der Waals surface area contributed by atoms with Crippen LogP contribution < -0.4 is 5.32 Å². The third-order valence-electron chi connectivity index (χ3n) is 4.64. The average molecular weight is 330 g/mol. The van der Waals surface area contributed by atoms with Crippen molar-refractivity contribution in [2.45, 2.75) is 25.2 Å². The minimum absolute atomic E-state index is 0.513. The standard InChI is InChI=1S/C17H20ClN5/c1-22-11-14(10-20-22)23-17-8-15(12-3-2-5-19-6-4-12)16(18)7-13(17)9-21-23/h7-12,19H,2-6H2,1H3/t12-/m0/s1. The van der Waals surface area contributed by atoms with Crippen LogP contribution in [-0.4, -0.2) is 32.7 Å². The first-order valence-corrected chi connectivity index (χ1v) is 8.47. The van der Waals surface area contributed by atoms with Gasteiger partial charge in [0.25, 0.3) is 0 Å². The molecule has 1 aliphatic rings. The van der Waals surface area contributed by atoms with Crippen molar-refractivity contribution >= 4 is 22.5 Å². The summed E-state index contributed by atoms with van der Waals surface area (Å²) in [6.45, 7) is 2.16. The zero-order chi connectivity index (χ0) is 15.8. The Morgan fingerprint density at radius 2 is 2.09 bits per heavy atom. The second kappa shape index (κ2) is 5.98. The van der Waals surface area contributed by atoms with E-state index in [2.05, 4.69) is 21.6 Å². The molecule has 0 aliphatic carbocycles. The Hall–Kier alpha value is -1.85. The van der Waals surface area contributed by atoms with Gasteiger partial charge in [-0.1, -0.05) is 11.6 Å². The Morgan fingerprint density at radius 1 is 1.17 bits per heavy atom. The maximum atomic E-state index is 6.58. The first-order chi connectivity index (χ1) is 11.2. The van der Waals surface area contributed by atoms with Crippen molar-refractivity contribution in [3.05, 3.63) is 41.3 Å². The fourth-order valence-corrected chi connectivity index (χ4v) is 3.76. The number of fused-ring (bicyclic) bond motifs is 1. The number of hydrogen-bond donors (Lipinski definition) is 1. The summed E-state index contributed by atoms with van der Waals surface area (Å²) in [5.41, 5.74) is 3.31. The number of nitrogens with zero attached hydrogens (tertiary/aromatic N) is 4. The van der Waals surface area contributed by atoms with Crippen molar-refractivity contribution in [1.82, 2.24) is 24.9 Å². The van der Waals surface area contributed by atoms with Crippen LogP contribution in [0.4, 0.5) is 0 Å². The van der Waals surface area contributed by atoms with Gasteiger partial charge in [0.1, 0.15) is 5.69 Å². The molecule has 1 N–H and O–H groups in total. The van der Waals surface area contributed by atoms with Gasteiger partial charge in [-0.3, -0.25) is 4.68 Å². The molecule has 0 radical (unpaired) electrons. The van der Waals surface area contributed by atoms with E-state index < -0.39 is 0 Å². The molecule has 3 aromatic rings. The zero-order valence-corrected chi connectivity index (χ0v) is 13.9. The lowest BCUT2D eigenvalue weighted by Gasteiger charge is -2.16. The van der Waals surface area contributed by atoms with Gasteiger partial charge in [0, 0.05) is 17.5 Å². The minimum Gasteiger partial charge on any atom is -0.317 e. The van der Waals surface area contributed by atoms with Crippen molar-refractivity contribution in [2.24, 2.45) is 7.05 Å². The summed E-state index contributed by atoms with van der Waals surface area (Å²) in [6, 6.07) is 4.26. The number of hydrogen-bond acceptors (Lipinski definition) is 3. The number of halogens is 1. The maximum Gasteiger partial charge on any atom is 0.103 e. The van der Waals surface area contributed by atoms with Crippen LogP contribution in [0.1, 0.15) is 30.7 Å². The molecule has 2 aromatic heterocycles. The highest BCUT2D eigenvalue weighted by Crippen LogP contribution is 2.35. The number of benzene rings is 1. The molecule has 0 spiro atoms. The molecule has 0 unspecified atom stereocenters. The SMILES string of the molecule is Cn1cc(-n2ncc3cc(Cl)c([C@H]4CCCNCC4)cc32)cn1. The highest BCUT2D eigenvalue weighted by Gasteiger charge is 2.19. The molecule has 0 bridgehead atoms. The molecule has 0 saturated carbocycles. The fraction of sp³-hybridized carbons (Fsp3) is 0.412. The summed E-state index contributed by atoms with van der Waals surface area (Å²) in [7, 11) is 1.91. The Kier molecular flexibility index (Phi) is 3.83. The van der Waals surface area contributed by atoms with Crippen LogP contribution in [0, 0.1) is 0 Å². The molecule has 4 rings (SSSR count). The van der Waals surface area contributed by atoms with E-state index in [0.29, 0.717) is 5.92 Å². The average Bonchev–Trinajstić information content (AvgIpc) is 3.03. The van der Waals surface area contributed by atoms with Crippen molar-refractivity contribution in [2.75, 3.05) is 13.1 Å². The number of nitrogens with one attached hydrogen (secondary N) is 1. The first-order valence-electron chi connectivity index (χ1n) is 8.09.